The van der Waals surface area contributed by atoms with Crippen LogP contribution in [0.1, 0.15) is 18.1 Å². The van der Waals surface area contributed by atoms with Gasteiger partial charge in [0.15, 0.2) is 0 Å². The van der Waals surface area contributed by atoms with Gasteiger partial charge in [0.25, 0.3) is 0 Å². The van der Waals surface area contributed by atoms with Crippen molar-refractivity contribution < 1.29 is 0 Å². The van der Waals surface area contributed by atoms with E-state index in [-0.39, 0.29) is 0 Å². The summed E-state index contributed by atoms with van der Waals surface area (Å²) >= 11 is 0. The molecular weight excluding hydrogens is 280 g/mol. The van der Waals surface area contributed by atoms with E-state index in [2.05, 4.69) is 78.5 Å². The molecule has 23 heavy (non-hydrogen) atoms. The van der Waals surface area contributed by atoms with Crippen LogP contribution in [0.15, 0.2) is 85.2 Å². The zero-order valence-electron chi connectivity index (χ0n) is 13.5. The van der Waals surface area contributed by atoms with Gasteiger partial charge in [-0.25, -0.2) is 0 Å². The highest BCUT2D eigenvalue weighted by atomic mass is 15.1. The number of benzene rings is 2. The number of nitrogens with one attached hydrogen (secondary N) is 1. The molecule has 116 valence electrons. The number of anilines is 2. The molecule has 0 aromatic heterocycles. The van der Waals surface area contributed by atoms with E-state index < -0.39 is 0 Å². The van der Waals surface area contributed by atoms with Gasteiger partial charge in [-0.3, -0.25) is 0 Å². The van der Waals surface area contributed by atoms with E-state index in [1.807, 2.05) is 18.2 Å². The van der Waals surface area contributed by atoms with Gasteiger partial charge in [-0.05, 0) is 54.0 Å². The molecule has 1 aliphatic rings. The summed E-state index contributed by atoms with van der Waals surface area (Å²) in [5, 5.41) is 3.46. The molecule has 2 aromatic rings. The van der Waals surface area contributed by atoms with Crippen LogP contribution in [-0.4, -0.2) is 4.90 Å². The molecule has 0 atom stereocenters. The lowest BCUT2D eigenvalue weighted by Crippen LogP contribution is -2.15. The van der Waals surface area contributed by atoms with Gasteiger partial charge < -0.3 is 10.2 Å². The summed E-state index contributed by atoms with van der Waals surface area (Å²) in [6.07, 6.45) is 9.18. The molecule has 2 heteroatoms. The Kier molecular flexibility index (Phi) is 4.62. The summed E-state index contributed by atoms with van der Waals surface area (Å²) < 4.78 is 0. The highest BCUT2D eigenvalue weighted by Gasteiger charge is 2.05. The smallest absolute Gasteiger partial charge is 0.0475 e. The third kappa shape index (κ3) is 3.92. The molecule has 2 nitrogen and oxygen atoms in total. The van der Waals surface area contributed by atoms with E-state index in [4.69, 9.17) is 0 Å². The maximum Gasteiger partial charge on any atom is 0.0475 e. The predicted octanol–water partition coefficient (Wildman–Crippen LogP) is 5.39. The van der Waals surface area contributed by atoms with Crippen LogP contribution in [0.5, 0.6) is 0 Å². The van der Waals surface area contributed by atoms with Crippen molar-refractivity contribution in [3.05, 3.63) is 96.4 Å². The van der Waals surface area contributed by atoms with Crippen molar-refractivity contribution in [3.8, 4) is 0 Å². The Labute approximate surface area is 138 Å². The average Bonchev–Trinajstić information content (AvgIpc) is 2.59. The number of allylic oxidation sites excluding steroid dienone is 3. The largest absolute Gasteiger partial charge is 0.356 e. The number of nitrogens with zero attached hydrogens (tertiary/aromatic N) is 1. The van der Waals surface area contributed by atoms with Gasteiger partial charge in [0.05, 0.1) is 0 Å². The minimum absolute atomic E-state index is 0.839. The summed E-state index contributed by atoms with van der Waals surface area (Å²) in [4.78, 5) is 2.15. The standard InChI is InChI=1S/C21H22N2/c1-3-18-8-6-9-21(15-18)22-20-12-10-19(11-13-20)16-23-14-5-4-7-17(23)2/h4-15,22H,2-3,16H2,1H3. The predicted molar refractivity (Wildman–Crippen MR) is 98.5 cm³/mol. The first-order valence-corrected chi connectivity index (χ1v) is 8.00. The fraction of sp³-hybridized carbons (Fsp3) is 0.143. The summed E-state index contributed by atoms with van der Waals surface area (Å²) in [5.74, 6) is 0. The topological polar surface area (TPSA) is 15.3 Å². The van der Waals surface area contributed by atoms with Crippen LogP contribution >= 0.6 is 0 Å². The van der Waals surface area contributed by atoms with Crippen LogP contribution in [0.4, 0.5) is 11.4 Å². The van der Waals surface area contributed by atoms with Crippen molar-refractivity contribution >= 4 is 11.4 Å². The molecule has 0 aliphatic carbocycles. The van der Waals surface area contributed by atoms with Gasteiger partial charge in [0, 0.05) is 29.8 Å². The first kappa shape index (κ1) is 15.2. The summed E-state index contributed by atoms with van der Waals surface area (Å²) in [7, 11) is 0. The molecule has 0 saturated carbocycles. The molecule has 0 fully saturated rings. The average molecular weight is 302 g/mol. The molecule has 0 amide bonds. The first-order valence-electron chi connectivity index (χ1n) is 8.00. The molecule has 1 aliphatic heterocycles. The molecule has 1 heterocycles. The Hall–Kier alpha value is -2.74. The van der Waals surface area contributed by atoms with Crippen LogP contribution in [0, 0.1) is 0 Å². The number of aryl methyl sites for hydroxylation is 1. The van der Waals surface area contributed by atoms with Crippen molar-refractivity contribution in [2.24, 2.45) is 0 Å². The van der Waals surface area contributed by atoms with E-state index in [1.54, 1.807) is 0 Å². The second-order valence-electron chi connectivity index (χ2n) is 5.70. The number of hydrogen-bond donors (Lipinski definition) is 1. The number of hydrogen-bond acceptors (Lipinski definition) is 2. The Balaban J connectivity index is 1.66. The monoisotopic (exact) mass is 302 g/mol. The Bertz CT molecular complexity index is 739. The quantitative estimate of drug-likeness (QED) is 0.796. The second kappa shape index (κ2) is 7.01. The summed E-state index contributed by atoms with van der Waals surface area (Å²) in [5.41, 5.74) is 5.87. The normalized spacial score (nSPS) is 13.4. The SMILES string of the molecule is C=C1C=CC=CN1Cc1ccc(Nc2cccc(CC)c2)cc1. The lowest BCUT2D eigenvalue weighted by molar-refractivity contribution is 0.472. The summed E-state index contributed by atoms with van der Waals surface area (Å²) in [6, 6.07) is 17.1. The molecule has 0 bridgehead atoms. The molecule has 0 radical (unpaired) electrons. The fourth-order valence-electron chi connectivity index (χ4n) is 2.59. The van der Waals surface area contributed by atoms with E-state index >= 15 is 0 Å². The molecule has 0 spiro atoms. The highest BCUT2D eigenvalue weighted by Crippen LogP contribution is 2.20. The molecule has 0 unspecified atom stereocenters. The van der Waals surface area contributed by atoms with Gasteiger partial charge in [-0.15, -0.1) is 0 Å². The Morgan fingerprint density at radius 1 is 0.957 bits per heavy atom. The second-order valence-corrected chi connectivity index (χ2v) is 5.70. The Morgan fingerprint density at radius 3 is 2.52 bits per heavy atom. The summed E-state index contributed by atoms with van der Waals surface area (Å²) in [6.45, 7) is 7.07. The van der Waals surface area contributed by atoms with Crippen molar-refractivity contribution in [2.75, 3.05) is 5.32 Å². The van der Waals surface area contributed by atoms with Crippen molar-refractivity contribution in [1.29, 1.82) is 0 Å². The van der Waals surface area contributed by atoms with Crippen molar-refractivity contribution in [3.63, 3.8) is 0 Å². The molecule has 3 rings (SSSR count). The van der Waals surface area contributed by atoms with Gasteiger partial charge in [0.1, 0.15) is 0 Å². The van der Waals surface area contributed by atoms with Crippen molar-refractivity contribution in [2.45, 2.75) is 19.9 Å². The minimum Gasteiger partial charge on any atom is -0.356 e. The maximum absolute atomic E-state index is 4.06. The lowest BCUT2D eigenvalue weighted by Gasteiger charge is -2.22. The van der Waals surface area contributed by atoms with Gasteiger partial charge in [-0.2, -0.15) is 0 Å². The van der Waals surface area contributed by atoms with E-state index in [1.165, 1.54) is 11.1 Å². The van der Waals surface area contributed by atoms with E-state index in [0.717, 1.165) is 30.0 Å². The molecular formula is C21H22N2. The van der Waals surface area contributed by atoms with Gasteiger partial charge in [0.2, 0.25) is 0 Å². The molecule has 2 aromatic carbocycles. The highest BCUT2D eigenvalue weighted by molar-refractivity contribution is 5.60. The lowest BCUT2D eigenvalue weighted by atomic mass is 10.1. The fourth-order valence-corrected chi connectivity index (χ4v) is 2.59. The molecule has 1 N–H and O–H groups in total. The van der Waals surface area contributed by atoms with Crippen LogP contribution in [0.3, 0.4) is 0 Å². The van der Waals surface area contributed by atoms with Crippen LogP contribution in [0.25, 0.3) is 0 Å². The van der Waals surface area contributed by atoms with Gasteiger partial charge in [-0.1, -0.05) is 43.8 Å². The van der Waals surface area contributed by atoms with Crippen LogP contribution in [-0.2, 0) is 13.0 Å². The minimum atomic E-state index is 0.839. The molecule has 0 saturated heterocycles. The zero-order chi connectivity index (χ0) is 16.1. The van der Waals surface area contributed by atoms with Gasteiger partial charge >= 0.3 is 0 Å². The third-order valence-corrected chi connectivity index (χ3v) is 3.97. The Morgan fingerprint density at radius 2 is 1.78 bits per heavy atom. The van der Waals surface area contributed by atoms with E-state index in [0.29, 0.717) is 0 Å². The van der Waals surface area contributed by atoms with Crippen LogP contribution in [0.2, 0.25) is 0 Å². The zero-order valence-corrected chi connectivity index (χ0v) is 13.5. The van der Waals surface area contributed by atoms with Crippen LogP contribution < -0.4 is 5.32 Å². The van der Waals surface area contributed by atoms with Crippen molar-refractivity contribution in [1.82, 2.24) is 4.90 Å². The third-order valence-electron chi connectivity index (χ3n) is 3.97. The number of rotatable bonds is 5. The van der Waals surface area contributed by atoms with E-state index in [9.17, 15) is 0 Å². The maximum atomic E-state index is 4.06. The first-order chi connectivity index (χ1) is 11.2.